The van der Waals surface area contributed by atoms with Gasteiger partial charge in [0.15, 0.2) is 0 Å². The van der Waals surface area contributed by atoms with E-state index in [1.165, 1.54) is 31.2 Å². The largest absolute Gasteiger partial charge is 0.350 e. The van der Waals surface area contributed by atoms with Crippen LogP contribution < -0.4 is 5.32 Å². The smallest absolute Gasteiger partial charge is 0.251 e. The lowest BCUT2D eigenvalue weighted by Crippen LogP contribution is -2.37. The van der Waals surface area contributed by atoms with Gasteiger partial charge in [0.1, 0.15) is 5.82 Å². The van der Waals surface area contributed by atoms with Crippen LogP contribution in [-0.2, 0) is 11.3 Å². The molecule has 4 nitrogen and oxygen atoms in total. The van der Waals surface area contributed by atoms with E-state index in [0.29, 0.717) is 30.2 Å². The molecule has 0 fully saturated rings. The zero-order chi connectivity index (χ0) is 17.5. The average molecular weight is 349 g/mol. The van der Waals surface area contributed by atoms with Gasteiger partial charge in [-0.05, 0) is 35.9 Å². The second kappa shape index (κ2) is 8.45. The van der Waals surface area contributed by atoms with Crippen molar-refractivity contribution in [1.82, 2.24) is 10.2 Å². The molecule has 0 saturated heterocycles. The Labute approximate surface area is 145 Å². The Bertz CT molecular complexity index is 719. The molecule has 0 bridgehead atoms. The molecule has 126 valence electrons. The van der Waals surface area contributed by atoms with Gasteiger partial charge in [-0.3, -0.25) is 9.59 Å². The van der Waals surface area contributed by atoms with Crippen LogP contribution in [0.2, 0.25) is 5.02 Å². The van der Waals surface area contributed by atoms with Crippen molar-refractivity contribution in [1.29, 1.82) is 0 Å². The monoisotopic (exact) mass is 348 g/mol. The van der Waals surface area contributed by atoms with Gasteiger partial charge in [0, 0.05) is 37.1 Å². The predicted molar refractivity (Wildman–Crippen MR) is 91.3 cm³/mol. The number of nitrogens with zero attached hydrogens (tertiary/aromatic N) is 1. The molecule has 2 amide bonds. The molecule has 0 aliphatic carbocycles. The van der Waals surface area contributed by atoms with Crippen molar-refractivity contribution < 1.29 is 14.0 Å². The van der Waals surface area contributed by atoms with Gasteiger partial charge in [0.2, 0.25) is 5.91 Å². The number of carbonyl (C=O) groups is 2. The lowest BCUT2D eigenvalue weighted by Gasteiger charge is -2.22. The number of halogens is 2. The zero-order valence-electron chi connectivity index (χ0n) is 13.3. The van der Waals surface area contributed by atoms with Crippen LogP contribution in [0.15, 0.2) is 48.5 Å². The summed E-state index contributed by atoms with van der Waals surface area (Å²) in [6.07, 6.45) is 0. The number of hydrogen-bond acceptors (Lipinski definition) is 2. The number of rotatable bonds is 6. The van der Waals surface area contributed by atoms with Crippen molar-refractivity contribution in [3.8, 4) is 0 Å². The third-order valence-electron chi connectivity index (χ3n) is 3.54. The second-order valence-corrected chi connectivity index (χ2v) is 5.70. The maximum Gasteiger partial charge on any atom is 0.251 e. The molecule has 2 aromatic carbocycles. The minimum absolute atomic E-state index is 0.106. The first-order valence-electron chi connectivity index (χ1n) is 7.50. The summed E-state index contributed by atoms with van der Waals surface area (Å²) in [5.74, 6) is -0.809. The molecule has 0 aliphatic rings. The van der Waals surface area contributed by atoms with Gasteiger partial charge in [-0.2, -0.15) is 0 Å². The van der Waals surface area contributed by atoms with Crippen LogP contribution in [-0.4, -0.2) is 29.8 Å². The zero-order valence-corrected chi connectivity index (χ0v) is 14.0. The van der Waals surface area contributed by atoms with Crippen LogP contribution >= 0.6 is 11.6 Å². The van der Waals surface area contributed by atoms with Gasteiger partial charge in [-0.25, -0.2) is 4.39 Å². The van der Waals surface area contributed by atoms with Gasteiger partial charge in [-0.1, -0.05) is 29.8 Å². The molecule has 24 heavy (non-hydrogen) atoms. The summed E-state index contributed by atoms with van der Waals surface area (Å²) < 4.78 is 12.8. The van der Waals surface area contributed by atoms with Gasteiger partial charge in [0.05, 0.1) is 0 Å². The molecule has 2 aromatic rings. The highest BCUT2D eigenvalue weighted by molar-refractivity contribution is 6.31. The fraction of sp³-hybridized carbons (Fsp3) is 0.222. The topological polar surface area (TPSA) is 49.4 Å². The van der Waals surface area contributed by atoms with Crippen LogP contribution in [0.25, 0.3) is 0 Å². The minimum atomic E-state index is -0.394. The molecule has 0 aromatic heterocycles. The quantitative estimate of drug-likeness (QED) is 0.871. The molecular weight excluding hydrogens is 331 g/mol. The summed E-state index contributed by atoms with van der Waals surface area (Å²) in [6, 6.07) is 12.6. The third kappa shape index (κ3) is 5.06. The molecule has 0 heterocycles. The first kappa shape index (κ1) is 17.9. The number of carbonyl (C=O) groups excluding carboxylic acids is 2. The van der Waals surface area contributed by atoms with Crippen molar-refractivity contribution in [2.45, 2.75) is 13.5 Å². The number of hydrogen-bond donors (Lipinski definition) is 1. The molecule has 6 heteroatoms. The van der Waals surface area contributed by atoms with E-state index in [1.54, 1.807) is 11.0 Å². The van der Waals surface area contributed by atoms with Crippen molar-refractivity contribution in [2.75, 3.05) is 13.1 Å². The standard InChI is InChI=1S/C18H18ClFN2O2/c1-13(23)22(12-15-4-2-3-5-17(15)19)11-10-21-18(24)14-6-8-16(20)9-7-14/h2-9H,10-12H2,1H3,(H,21,24). The molecular formula is C18H18ClFN2O2. The maximum absolute atomic E-state index is 12.8. The van der Waals surface area contributed by atoms with Gasteiger partial charge in [0.25, 0.3) is 5.91 Å². The predicted octanol–water partition coefficient (Wildman–Crippen LogP) is 3.26. The molecule has 1 N–H and O–H groups in total. The molecule has 0 aliphatic heterocycles. The van der Waals surface area contributed by atoms with E-state index in [4.69, 9.17) is 11.6 Å². The van der Waals surface area contributed by atoms with Gasteiger partial charge in [-0.15, -0.1) is 0 Å². The van der Waals surface area contributed by atoms with Crippen LogP contribution in [0.1, 0.15) is 22.8 Å². The fourth-order valence-corrected chi connectivity index (χ4v) is 2.38. The Morgan fingerprint density at radius 2 is 1.79 bits per heavy atom. The van der Waals surface area contributed by atoms with E-state index in [9.17, 15) is 14.0 Å². The first-order valence-corrected chi connectivity index (χ1v) is 7.88. The number of nitrogens with one attached hydrogen (secondary N) is 1. The van der Waals surface area contributed by atoms with Crippen LogP contribution in [0.5, 0.6) is 0 Å². The molecule has 0 saturated carbocycles. The normalized spacial score (nSPS) is 10.3. The first-order chi connectivity index (χ1) is 11.5. The number of benzene rings is 2. The summed E-state index contributed by atoms with van der Waals surface area (Å²) in [7, 11) is 0. The van der Waals surface area contributed by atoms with Gasteiger partial charge < -0.3 is 10.2 Å². The van der Waals surface area contributed by atoms with E-state index in [2.05, 4.69) is 5.32 Å². The summed E-state index contributed by atoms with van der Waals surface area (Å²) in [6.45, 7) is 2.49. The van der Waals surface area contributed by atoms with Crippen molar-refractivity contribution in [3.05, 3.63) is 70.5 Å². The van der Waals surface area contributed by atoms with E-state index in [0.717, 1.165) is 5.56 Å². The second-order valence-electron chi connectivity index (χ2n) is 5.29. The molecule has 2 rings (SSSR count). The van der Waals surface area contributed by atoms with Crippen molar-refractivity contribution in [2.24, 2.45) is 0 Å². The van der Waals surface area contributed by atoms with Crippen molar-refractivity contribution >= 4 is 23.4 Å². The third-order valence-corrected chi connectivity index (χ3v) is 3.91. The minimum Gasteiger partial charge on any atom is -0.350 e. The highest BCUT2D eigenvalue weighted by Gasteiger charge is 2.12. The Morgan fingerprint density at radius 3 is 2.42 bits per heavy atom. The van der Waals surface area contributed by atoms with E-state index in [1.807, 2.05) is 18.2 Å². The summed E-state index contributed by atoms with van der Waals surface area (Å²) in [5.41, 5.74) is 1.22. The fourth-order valence-electron chi connectivity index (χ4n) is 2.19. The van der Waals surface area contributed by atoms with Crippen LogP contribution in [0.3, 0.4) is 0 Å². The van der Waals surface area contributed by atoms with Crippen LogP contribution in [0, 0.1) is 5.82 Å². The van der Waals surface area contributed by atoms with Gasteiger partial charge >= 0.3 is 0 Å². The highest BCUT2D eigenvalue weighted by Crippen LogP contribution is 2.16. The highest BCUT2D eigenvalue weighted by atomic mass is 35.5. The van der Waals surface area contributed by atoms with E-state index < -0.39 is 5.82 Å². The van der Waals surface area contributed by atoms with E-state index >= 15 is 0 Å². The summed E-state index contributed by atoms with van der Waals surface area (Å²) in [5, 5.41) is 3.31. The van der Waals surface area contributed by atoms with Crippen molar-refractivity contribution in [3.63, 3.8) is 0 Å². The molecule has 0 radical (unpaired) electrons. The number of amides is 2. The lowest BCUT2D eigenvalue weighted by atomic mass is 10.2. The lowest BCUT2D eigenvalue weighted by molar-refractivity contribution is -0.129. The maximum atomic E-state index is 12.8. The van der Waals surface area contributed by atoms with Crippen LogP contribution in [0.4, 0.5) is 4.39 Å². The van der Waals surface area contributed by atoms with E-state index in [-0.39, 0.29) is 11.8 Å². The Hall–Kier alpha value is -2.40. The molecule has 0 atom stereocenters. The SMILES string of the molecule is CC(=O)N(CCNC(=O)c1ccc(F)cc1)Cc1ccccc1Cl. The average Bonchev–Trinajstić information content (AvgIpc) is 2.56. The summed E-state index contributed by atoms with van der Waals surface area (Å²) in [4.78, 5) is 25.3. The summed E-state index contributed by atoms with van der Waals surface area (Å²) >= 11 is 6.11. The molecule has 0 spiro atoms. The Kier molecular flexibility index (Phi) is 6.32. The molecule has 0 unspecified atom stereocenters. The Balaban J connectivity index is 1.90. The Morgan fingerprint density at radius 1 is 1.12 bits per heavy atom.